The Labute approximate surface area is 594 Å². The fourth-order valence-corrected chi connectivity index (χ4v) is 19.5. The summed E-state index contributed by atoms with van der Waals surface area (Å²) in [6.45, 7) is 58.5. The van der Waals surface area contributed by atoms with Crippen LogP contribution in [-0.4, -0.2) is 30.7 Å². The van der Waals surface area contributed by atoms with Crippen molar-refractivity contribution < 1.29 is 28.5 Å². The predicted molar refractivity (Wildman–Crippen MR) is 424 cm³/mol. The molecule has 0 amide bonds. The van der Waals surface area contributed by atoms with Crippen LogP contribution < -0.4 is 9.47 Å². The van der Waals surface area contributed by atoms with E-state index in [4.69, 9.17) is 9.47 Å². The summed E-state index contributed by atoms with van der Waals surface area (Å²) in [7, 11) is -2.84. The molecule has 0 saturated heterocycles. The first-order valence-corrected chi connectivity index (χ1v) is 38.8. The zero-order chi connectivity index (χ0) is 73.0. The average molecular weight is 1350 g/mol. The summed E-state index contributed by atoms with van der Waals surface area (Å²) < 4.78 is 47.5. The van der Waals surface area contributed by atoms with E-state index in [0.29, 0.717) is 44.9 Å². The third-order valence-corrected chi connectivity index (χ3v) is 27.4. The van der Waals surface area contributed by atoms with Gasteiger partial charge in [0.15, 0.2) is 0 Å². The first-order valence-electron chi connectivity index (χ1n) is 36.2. The molecule has 2 N–H and O–H groups in total. The number of halogens is 2. The number of hydrogen-bond acceptors (Lipinski definition) is 4. The molecular weight excluding hydrogens is 1240 g/mol. The van der Waals surface area contributed by atoms with Crippen LogP contribution >= 0.6 is 0 Å². The Morgan fingerprint density at radius 2 is 0.636 bits per heavy atom. The van der Waals surface area contributed by atoms with E-state index in [-0.39, 0.29) is 67.5 Å². The number of hydrogen-bond donors (Lipinski definition) is 2. The van der Waals surface area contributed by atoms with Crippen LogP contribution in [0.4, 0.5) is 8.78 Å². The number of aromatic hydroxyl groups is 2. The van der Waals surface area contributed by atoms with Gasteiger partial charge in [-0.1, -0.05) is 241 Å². The van der Waals surface area contributed by atoms with Crippen molar-refractivity contribution >= 4 is 51.2 Å². The molecule has 0 atom stereocenters. The second-order valence-corrected chi connectivity index (χ2v) is 43.1. The van der Waals surface area contributed by atoms with Crippen LogP contribution in [0.2, 0.25) is 11.1 Å². The summed E-state index contributed by atoms with van der Waals surface area (Å²) in [4.78, 5) is 0. The van der Waals surface area contributed by atoms with E-state index in [0.717, 1.165) is 78.2 Å². The van der Waals surface area contributed by atoms with E-state index in [1.165, 1.54) is 46.5 Å². The maximum Gasteiger partial charge on any atom is 0.146 e. The Hall–Kier alpha value is -7.48. The molecule has 10 rings (SSSR count). The van der Waals surface area contributed by atoms with Crippen molar-refractivity contribution in [3.63, 3.8) is 0 Å². The molecule has 10 aromatic carbocycles. The largest absolute Gasteiger partial charge is 0.507 e. The first kappa shape index (κ1) is 74.2. The topological polar surface area (TPSA) is 58.9 Å². The summed E-state index contributed by atoms with van der Waals surface area (Å²) in [5, 5.41) is 35.3. The van der Waals surface area contributed by atoms with Gasteiger partial charge in [-0.3, -0.25) is 0 Å². The van der Waals surface area contributed by atoms with Crippen LogP contribution in [0.15, 0.2) is 146 Å². The van der Waals surface area contributed by atoms with Gasteiger partial charge in [-0.25, -0.2) is 8.78 Å². The number of rotatable bonds is 16. The minimum Gasteiger partial charge on any atom is -0.507 e. The molecule has 0 radical (unpaired) electrons. The second-order valence-electron chi connectivity index (χ2n) is 37.7. The molecule has 0 spiro atoms. The number of phenolic OH excluding ortho intramolecular Hbond substituents is 2. The third-order valence-electron chi connectivity index (χ3n) is 21.4. The Morgan fingerprint density at radius 1 is 0.323 bits per heavy atom. The van der Waals surface area contributed by atoms with Gasteiger partial charge in [0.2, 0.25) is 0 Å². The molecule has 0 aromatic heterocycles. The maximum atomic E-state index is 16.5. The van der Waals surface area contributed by atoms with Crippen molar-refractivity contribution in [1.82, 2.24) is 0 Å². The van der Waals surface area contributed by atoms with Crippen molar-refractivity contribution in [2.45, 2.75) is 236 Å². The van der Waals surface area contributed by atoms with Gasteiger partial charge in [0.25, 0.3) is 0 Å². The first-order chi connectivity index (χ1) is 45.6. The highest BCUT2D eigenvalue weighted by Gasteiger charge is 2.44. The Balaban J connectivity index is 1.13. The maximum absolute atomic E-state index is 16.5. The predicted octanol–water partition coefficient (Wildman–Crippen LogP) is 27.1. The average Bonchev–Trinajstić information content (AvgIpc) is 0.737. The molecule has 4 nitrogen and oxygen atoms in total. The molecule has 0 unspecified atom stereocenters. The van der Waals surface area contributed by atoms with Crippen LogP contribution in [0.3, 0.4) is 0 Å². The minimum absolute atomic E-state index is 0.0502. The SMILES string of the molecule is CC(C)[Si](COc1ccc(F)cc1-c1cc(C(C)(C)CC(C)(C)C)cc(-c2c3ccc(C(C)(C)C)cc3cc3ccc(C(C)(C)C)cc23)c1O)(COc1ccc(F)cc1-c1cc(C(C)(C)CC(C)(C)C)cc(-c2c3ccc(C(C)(C)C)cc3cc3ccc(C(C)(C)C)cc23)c1O)C(C)C. The molecule has 0 bridgehead atoms. The monoisotopic (exact) mass is 1350 g/mol. The zero-order valence-corrected chi connectivity index (χ0v) is 65.8. The molecule has 10 aromatic rings. The molecular formula is C92H114F2O4Si. The van der Waals surface area contributed by atoms with Gasteiger partial charge in [0, 0.05) is 44.5 Å². The lowest BCUT2D eigenvalue weighted by Crippen LogP contribution is -2.53. The highest BCUT2D eigenvalue weighted by atomic mass is 28.3. The van der Waals surface area contributed by atoms with Gasteiger partial charge < -0.3 is 19.7 Å². The summed E-state index contributed by atoms with van der Waals surface area (Å²) in [6, 6.07) is 49.4. The van der Waals surface area contributed by atoms with Gasteiger partial charge in [-0.15, -0.1) is 0 Å². The molecule has 524 valence electrons. The summed E-state index contributed by atoms with van der Waals surface area (Å²) in [6.07, 6.45) is 2.24. The highest BCUT2D eigenvalue weighted by Crippen LogP contribution is 2.54. The lowest BCUT2D eigenvalue weighted by molar-refractivity contribution is 0.283. The number of benzene rings is 10. The van der Waals surface area contributed by atoms with E-state index in [1.54, 1.807) is 12.1 Å². The van der Waals surface area contributed by atoms with Crippen LogP contribution in [0.25, 0.3) is 87.6 Å². The third kappa shape index (κ3) is 15.4. The minimum atomic E-state index is -2.84. The van der Waals surface area contributed by atoms with Crippen LogP contribution in [-0.2, 0) is 32.5 Å². The standard InChI is InChI=1S/C92H114F2O4Si/c1-55(2)99(56(3)4,53-97-79-37-33-67(93)49-73(79)75-45-65(91(23,24)51-85(5,6)7)47-77(83(75)95)81-69-35-31-61(87(11,12)13)41-59(69)39-57-27-29-63(43-71(57)81)89(17,18)19)54-98-80-38-34-68(94)50-74(80)76-46-66(92(25,26)52-86(8,9)10)48-78(84(76)96)82-70-36-32-62(88(14,15)16)42-60(70)40-58-28-30-64(44-72(58)82)90(20,21)22/h27-50,55-56,95-96H,51-54H2,1-26H3. The molecule has 0 aliphatic heterocycles. The van der Waals surface area contributed by atoms with Crippen molar-refractivity contribution in [3.8, 4) is 67.5 Å². The summed E-state index contributed by atoms with van der Waals surface area (Å²) in [5.74, 6) is 0.111. The number of phenols is 2. The normalized spacial score (nSPS) is 13.5. The van der Waals surface area contributed by atoms with Crippen molar-refractivity contribution in [2.24, 2.45) is 10.8 Å². The van der Waals surface area contributed by atoms with E-state index in [1.807, 2.05) is 0 Å². The summed E-state index contributed by atoms with van der Waals surface area (Å²) in [5.41, 5.74) is 10.7. The lowest BCUT2D eigenvalue weighted by Gasteiger charge is -2.38. The fraction of sp³-hybridized carbons (Fsp3) is 0.435. The van der Waals surface area contributed by atoms with Crippen LogP contribution in [0.5, 0.6) is 23.0 Å². The molecule has 0 saturated carbocycles. The lowest BCUT2D eigenvalue weighted by atomic mass is 9.71. The smallest absolute Gasteiger partial charge is 0.146 e. The Morgan fingerprint density at radius 3 is 0.949 bits per heavy atom. The van der Waals surface area contributed by atoms with E-state index in [9.17, 15) is 10.2 Å². The van der Waals surface area contributed by atoms with Crippen molar-refractivity contribution in [3.05, 3.63) is 191 Å². The number of ether oxygens (including phenoxy) is 2. The second kappa shape index (κ2) is 26.2. The quantitative estimate of drug-likeness (QED) is 0.0748. The molecule has 99 heavy (non-hydrogen) atoms. The molecule has 0 aliphatic rings. The Bertz CT molecular complexity index is 4430. The van der Waals surface area contributed by atoms with Gasteiger partial charge >= 0.3 is 0 Å². The number of fused-ring (bicyclic) bond motifs is 4. The van der Waals surface area contributed by atoms with E-state index < -0.39 is 30.5 Å². The van der Waals surface area contributed by atoms with Gasteiger partial charge in [0.1, 0.15) is 42.7 Å². The highest BCUT2D eigenvalue weighted by molar-refractivity contribution is 6.82. The molecule has 0 heterocycles. The van der Waals surface area contributed by atoms with Crippen molar-refractivity contribution in [2.75, 3.05) is 12.5 Å². The van der Waals surface area contributed by atoms with Gasteiger partial charge in [-0.2, -0.15) is 0 Å². The van der Waals surface area contributed by atoms with Crippen LogP contribution in [0.1, 0.15) is 226 Å². The Kier molecular flexibility index (Phi) is 19.6. The molecule has 0 fully saturated rings. The fourth-order valence-electron chi connectivity index (χ4n) is 15.9. The zero-order valence-electron chi connectivity index (χ0n) is 64.8. The molecule has 7 heteroatoms. The molecule has 0 aliphatic carbocycles. The van der Waals surface area contributed by atoms with E-state index >= 15 is 8.78 Å². The van der Waals surface area contributed by atoms with Crippen LogP contribution in [0, 0.1) is 22.5 Å². The van der Waals surface area contributed by atoms with Gasteiger partial charge in [0.05, 0.1) is 12.5 Å². The van der Waals surface area contributed by atoms with Crippen molar-refractivity contribution in [1.29, 1.82) is 0 Å². The summed E-state index contributed by atoms with van der Waals surface area (Å²) >= 11 is 0. The van der Waals surface area contributed by atoms with Gasteiger partial charge in [-0.05, 0) is 229 Å². The van der Waals surface area contributed by atoms with E-state index in [2.05, 4.69) is 289 Å².